The Morgan fingerprint density at radius 1 is 0.528 bits per heavy atom. The Hall–Kier alpha value is -5.17. The molecule has 8 aromatic carbocycles. The molecule has 259 valence electrons. The van der Waals surface area contributed by atoms with Gasteiger partial charge in [-0.25, -0.2) is 0 Å². The number of hydrogen-bond donors (Lipinski definition) is 0. The van der Waals surface area contributed by atoms with Crippen LogP contribution < -0.4 is 0 Å². The van der Waals surface area contributed by atoms with E-state index in [-0.39, 0.29) is 0 Å². The van der Waals surface area contributed by atoms with Crippen molar-refractivity contribution in [1.29, 1.82) is 0 Å². The van der Waals surface area contributed by atoms with Crippen molar-refractivity contribution in [3.05, 3.63) is 177 Å². The van der Waals surface area contributed by atoms with Crippen LogP contribution in [0.3, 0.4) is 0 Å². The minimum atomic E-state index is 0.737. The molecule has 0 aliphatic heterocycles. The number of aryl methyl sites for hydroxylation is 4. The van der Waals surface area contributed by atoms with E-state index in [9.17, 15) is 0 Å². The third kappa shape index (κ3) is 5.50. The molecule has 2 nitrogen and oxygen atoms in total. The van der Waals surface area contributed by atoms with E-state index in [2.05, 4.69) is 191 Å². The molecule has 53 heavy (non-hydrogen) atoms. The van der Waals surface area contributed by atoms with E-state index in [1.54, 1.807) is 0 Å². The van der Waals surface area contributed by atoms with Crippen LogP contribution in [0.4, 0.5) is 11.4 Å². The standard InChI is InChI=1S/C49H37ClN2.Pd/c1-28-23-30(3)46(41(25-28)38-20-10-15-33-13-6-8-18-36(33)38)51-48-40-22-12-17-35-27-43(50)32(5)44(45(35)40)49(48)52-47-31(4)24-29(2)26-42(47)39-21-11-16-34-14-7-9-19-37(34)39;/h6-27H,1-5H3;/q;+1. The van der Waals surface area contributed by atoms with Crippen molar-refractivity contribution in [2.75, 3.05) is 0 Å². The monoisotopic (exact) mass is 794 g/mol. The number of rotatable bonds is 4. The van der Waals surface area contributed by atoms with Crippen LogP contribution >= 0.6 is 11.6 Å². The van der Waals surface area contributed by atoms with E-state index in [1.807, 2.05) is 0 Å². The number of fused-ring (bicyclic) bond motifs is 2. The molecular weight excluding hydrogens is 758 g/mol. The van der Waals surface area contributed by atoms with Gasteiger partial charge in [0.25, 0.3) is 0 Å². The first-order chi connectivity index (χ1) is 25.7. The van der Waals surface area contributed by atoms with E-state index in [0.29, 0.717) is 0 Å². The molecule has 0 atom stereocenters. The van der Waals surface area contributed by atoms with Gasteiger partial charge in [0.05, 0.1) is 0 Å². The van der Waals surface area contributed by atoms with Gasteiger partial charge in [-0.2, -0.15) is 0 Å². The Labute approximate surface area is 326 Å². The van der Waals surface area contributed by atoms with E-state index in [1.165, 1.54) is 60.3 Å². The van der Waals surface area contributed by atoms with Crippen LogP contribution in [0, 0.1) is 34.6 Å². The van der Waals surface area contributed by atoms with Crippen LogP contribution in [-0.4, -0.2) is 14.6 Å². The first-order valence-corrected chi connectivity index (χ1v) is 19.1. The molecule has 0 spiro atoms. The van der Waals surface area contributed by atoms with Crippen LogP contribution in [0.2, 0.25) is 5.02 Å². The van der Waals surface area contributed by atoms with Crippen LogP contribution in [-0.2, 0) is 19.4 Å². The predicted molar refractivity (Wildman–Crippen MR) is 222 cm³/mol. The molecule has 0 amide bonds. The van der Waals surface area contributed by atoms with Crippen LogP contribution in [0.1, 0.15) is 38.9 Å². The topological polar surface area (TPSA) is 15.4 Å². The van der Waals surface area contributed by atoms with Gasteiger partial charge in [0.15, 0.2) is 0 Å². The fraction of sp³-hybridized carbons (Fsp3) is 0.102. The Morgan fingerprint density at radius 2 is 1.06 bits per heavy atom. The molecule has 1 aliphatic carbocycles. The van der Waals surface area contributed by atoms with Crippen LogP contribution in [0.5, 0.6) is 0 Å². The molecule has 0 saturated carbocycles. The van der Waals surface area contributed by atoms with Gasteiger partial charge >= 0.3 is 329 Å². The molecule has 0 N–H and O–H groups in total. The summed E-state index contributed by atoms with van der Waals surface area (Å²) in [5, 5.41) is 7.87. The molecule has 9 rings (SSSR count). The molecule has 1 aliphatic rings. The van der Waals surface area contributed by atoms with Gasteiger partial charge in [-0.15, -0.1) is 0 Å². The SMILES string of the molecule is Cc1cc(C)c(N=C2C(=[N+]([Pd])c3c(C)cc(C)cc3-c3cccc4ccccc34)c3cccc4cc(Cl)c(C)c2c34)c(-c2cccc3ccccc23)c1. The van der Waals surface area contributed by atoms with E-state index in [0.717, 1.165) is 61.0 Å². The second-order valence-corrected chi connectivity index (χ2v) is 15.4. The molecule has 0 unspecified atom stereocenters. The van der Waals surface area contributed by atoms with Crippen molar-refractivity contribution in [2.45, 2.75) is 34.6 Å². The molecular formula is C49H37ClN2Pd+. The molecule has 0 aromatic heterocycles. The summed E-state index contributed by atoms with van der Waals surface area (Å²) in [5.41, 5.74) is 16.6. The number of benzene rings is 8. The molecule has 4 heteroatoms. The Morgan fingerprint density at radius 3 is 1.72 bits per heavy atom. The Kier molecular flexibility index (Phi) is 8.29. The number of nitrogens with zero attached hydrogens (tertiary/aromatic N) is 2. The van der Waals surface area contributed by atoms with Gasteiger partial charge < -0.3 is 0 Å². The van der Waals surface area contributed by atoms with Crippen LogP contribution in [0.25, 0.3) is 54.6 Å². The number of aliphatic imine (C=N–C) groups is 1. The minimum absolute atomic E-state index is 0.737. The van der Waals surface area contributed by atoms with Crippen molar-refractivity contribution in [3.63, 3.8) is 0 Å². The second-order valence-electron chi connectivity index (χ2n) is 14.3. The zero-order valence-electron chi connectivity index (χ0n) is 30.3. The van der Waals surface area contributed by atoms with Gasteiger partial charge in [-0.05, 0) is 0 Å². The Balaban J connectivity index is 1.40. The van der Waals surface area contributed by atoms with Crippen molar-refractivity contribution in [2.24, 2.45) is 4.99 Å². The normalized spacial score (nSPS) is 14.2. The van der Waals surface area contributed by atoms with Gasteiger partial charge in [0.1, 0.15) is 0 Å². The molecule has 0 heterocycles. The molecule has 8 aromatic rings. The van der Waals surface area contributed by atoms with E-state index in [4.69, 9.17) is 16.6 Å². The summed E-state index contributed by atoms with van der Waals surface area (Å²) in [5.74, 6) is 0. The quantitative estimate of drug-likeness (QED) is 0.158. The molecule has 0 bridgehead atoms. The maximum atomic E-state index is 7.07. The predicted octanol–water partition coefficient (Wildman–Crippen LogP) is 13.4. The summed E-state index contributed by atoms with van der Waals surface area (Å²) in [4.78, 5) is 5.81. The second kappa shape index (κ2) is 13.0. The van der Waals surface area contributed by atoms with Gasteiger partial charge in [-0.1, -0.05) is 0 Å². The summed E-state index contributed by atoms with van der Waals surface area (Å²) in [6.45, 7) is 10.9. The molecule has 0 fully saturated rings. The summed E-state index contributed by atoms with van der Waals surface area (Å²) in [6, 6.07) is 48.1. The summed E-state index contributed by atoms with van der Waals surface area (Å²) >= 11 is 10.9. The maximum absolute atomic E-state index is 7.07. The molecule has 0 saturated heterocycles. The zero-order chi connectivity index (χ0) is 36.5. The van der Waals surface area contributed by atoms with Gasteiger partial charge in [0, 0.05) is 0 Å². The fourth-order valence-corrected chi connectivity index (χ4v) is 9.44. The number of halogens is 1. The fourth-order valence-electron chi connectivity index (χ4n) is 8.42. The van der Waals surface area contributed by atoms with Crippen molar-refractivity contribution in [1.82, 2.24) is 0 Å². The van der Waals surface area contributed by atoms with Crippen LogP contribution in [0.15, 0.2) is 138 Å². The van der Waals surface area contributed by atoms with Crippen molar-refractivity contribution in [3.8, 4) is 22.3 Å². The zero-order valence-corrected chi connectivity index (χ0v) is 32.6. The summed E-state index contributed by atoms with van der Waals surface area (Å²) < 4.78 is 2.25. The first kappa shape index (κ1) is 33.7. The number of hydrogen-bond acceptors (Lipinski definition) is 1. The first-order valence-electron chi connectivity index (χ1n) is 18.0. The average molecular weight is 796 g/mol. The molecule has 0 radical (unpaired) electrons. The third-order valence-corrected chi connectivity index (χ3v) is 11.8. The Bertz CT molecular complexity index is 2910. The summed E-state index contributed by atoms with van der Waals surface area (Å²) in [7, 11) is 0. The van der Waals surface area contributed by atoms with E-state index < -0.39 is 0 Å². The average Bonchev–Trinajstić information content (AvgIpc) is 3.48. The third-order valence-electron chi connectivity index (χ3n) is 10.7. The van der Waals surface area contributed by atoms with Crippen molar-refractivity contribution >= 4 is 66.7 Å². The van der Waals surface area contributed by atoms with Gasteiger partial charge in [-0.3, -0.25) is 0 Å². The summed E-state index contributed by atoms with van der Waals surface area (Å²) in [6.07, 6.45) is 0. The van der Waals surface area contributed by atoms with Gasteiger partial charge in [0.2, 0.25) is 0 Å². The van der Waals surface area contributed by atoms with Crippen molar-refractivity contribution < 1.29 is 22.7 Å². The van der Waals surface area contributed by atoms with E-state index >= 15 is 0 Å².